The van der Waals surface area contributed by atoms with Crippen LogP contribution < -0.4 is 0 Å². The quantitative estimate of drug-likeness (QED) is 0.609. The van der Waals surface area contributed by atoms with Gasteiger partial charge in [0.15, 0.2) is 8.32 Å². The molecule has 1 aromatic rings. The van der Waals surface area contributed by atoms with Gasteiger partial charge in [-0.15, -0.1) is 6.58 Å². The molecule has 2 aliphatic carbocycles. The minimum Gasteiger partial charge on any atom is -0.416 e. The zero-order valence-corrected chi connectivity index (χ0v) is 14.2. The summed E-state index contributed by atoms with van der Waals surface area (Å²) >= 11 is 0. The SMILES string of the molecule is C=CC[Si](C)(C)OC[C@]12Cc3ccccc3[C@@]1(C)CC2=O. The fourth-order valence-corrected chi connectivity index (χ4v) is 5.51. The molecule has 2 aliphatic rings. The molecule has 0 radical (unpaired) electrons. The number of benzene rings is 1. The van der Waals surface area contributed by atoms with E-state index < -0.39 is 8.32 Å². The Balaban J connectivity index is 1.87. The van der Waals surface area contributed by atoms with Crippen LogP contribution in [-0.2, 0) is 21.1 Å². The van der Waals surface area contributed by atoms with Crippen molar-refractivity contribution >= 4 is 14.1 Å². The van der Waals surface area contributed by atoms with Crippen molar-refractivity contribution in [1.82, 2.24) is 0 Å². The summed E-state index contributed by atoms with van der Waals surface area (Å²) in [4.78, 5) is 12.5. The Morgan fingerprint density at radius 1 is 1.33 bits per heavy atom. The summed E-state index contributed by atoms with van der Waals surface area (Å²) < 4.78 is 6.29. The first-order chi connectivity index (χ1) is 9.85. The summed E-state index contributed by atoms with van der Waals surface area (Å²) in [5.74, 6) is 0.379. The lowest BCUT2D eigenvalue weighted by Crippen LogP contribution is -2.61. The van der Waals surface area contributed by atoms with Gasteiger partial charge in [0, 0.05) is 18.4 Å². The van der Waals surface area contributed by atoms with E-state index in [1.54, 1.807) is 0 Å². The third kappa shape index (κ3) is 1.98. The summed E-state index contributed by atoms with van der Waals surface area (Å²) in [5, 5.41) is 0. The average molecular weight is 300 g/mol. The first-order valence-corrected chi connectivity index (χ1v) is 10.8. The average Bonchev–Trinajstić information content (AvgIpc) is 2.62. The van der Waals surface area contributed by atoms with Gasteiger partial charge in [-0.1, -0.05) is 37.3 Å². The fourth-order valence-electron chi connectivity index (χ4n) is 4.06. The topological polar surface area (TPSA) is 26.3 Å². The number of hydrogen-bond donors (Lipinski definition) is 0. The molecule has 0 bridgehead atoms. The molecule has 21 heavy (non-hydrogen) atoms. The van der Waals surface area contributed by atoms with Gasteiger partial charge in [-0.05, 0) is 36.7 Å². The Kier molecular flexibility index (Phi) is 3.26. The fraction of sp³-hybridized carbons (Fsp3) is 0.500. The van der Waals surface area contributed by atoms with Crippen molar-refractivity contribution in [3.8, 4) is 0 Å². The molecular weight excluding hydrogens is 276 g/mol. The molecule has 0 heterocycles. The molecule has 0 aliphatic heterocycles. The Hall–Kier alpha value is -1.19. The van der Waals surface area contributed by atoms with Gasteiger partial charge in [0.2, 0.25) is 0 Å². The highest BCUT2D eigenvalue weighted by Crippen LogP contribution is 2.62. The number of ketones is 1. The lowest BCUT2D eigenvalue weighted by Gasteiger charge is -2.53. The summed E-state index contributed by atoms with van der Waals surface area (Å²) in [7, 11) is -1.75. The third-order valence-corrected chi connectivity index (χ3v) is 7.75. The molecule has 0 aromatic heterocycles. The third-order valence-electron chi connectivity index (χ3n) is 5.55. The molecule has 0 N–H and O–H groups in total. The van der Waals surface area contributed by atoms with Gasteiger partial charge in [-0.25, -0.2) is 0 Å². The predicted octanol–water partition coefficient (Wildman–Crippen LogP) is 3.87. The van der Waals surface area contributed by atoms with E-state index in [1.165, 1.54) is 11.1 Å². The van der Waals surface area contributed by atoms with E-state index in [0.29, 0.717) is 18.8 Å². The highest BCUT2D eigenvalue weighted by atomic mass is 28.4. The van der Waals surface area contributed by atoms with Crippen molar-refractivity contribution in [3.05, 3.63) is 48.0 Å². The standard InChI is InChI=1S/C18H24O2Si/c1-5-10-21(3,4)20-13-18-11-14-8-6-7-9-15(14)17(18,2)12-16(18)19/h5-9H,1,10-13H2,2-4H3/t17-,18+/m1/s1. The van der Waals surface area contributed by atoms with Crippen LogP contribution in [0.1, 0.15) is 24.5 Å². The smallest absolute Gasteiger partial charge is 0.190 e. The Labute approximate surface area is 128 Å². The zero-order chi connectivity index (χ0) is 15.3. The van der Waals surface area contributed by atoms with Crippen LogP contribution in [0.2, 0.25) is 19.1 Å². The molecule has 0 amide bonds. The Morgan fingerprint density at radius 3 is 2.71 bits per heavy atom. The minimum absolute atomic E-state index is 0.0284. The number of Topliss-reactive ketones (excluding diaryl/α,β-unsaturated/α-hetero) is 1. The van der Waals surface area contributed by atoms with Gasteiger partial charge < -0.3 is 4.43 Å². The predicted molar refractivity (Wildman–Crippen MR) is 88.0 cm³/mol. The Bertz CT molecular complexity index is 607. The lowest BCUT2D eigenvalue weighted by atomic mass is 9.50. The second-order valence-corrected chi connectivity index (χ2v) is 11.6. The molecule has 112 valence electrons. The van der Waals surface area contributed by atoms with Crippen LogP contribution >= 0.6 is 0 Å². The molecule has 0 spiro atoms. The van der Waals surface area contributed by atoms with Crippen LogP contribution in [0.25, 0.3) is 0 Å². The molecule has 1 fully saturated rings. The number of carbonyl (C=O) groups is 1. The van der Waals surface area contributed by atoms with Crippen LogP contribution in [-0.4, -0.2) is 20.7 Å². The van der Waals surface area contributed by atoms with Crippen molar-refractivity contribution in [3.63, 3.8) is 0 Å². The first kappa shape index (κ1) is 14.7. The van der Waals surface area contributed by atoms with Crippen molar-refractivity contribution in [2.24, 2.45) is 5.41 Å². The zero-order valence-electron chi connectivity index (χ0n) is 13.2. The van der Waals surface area contributed by atoms with Crippen molar-refractivity contribution in [2.45, 2.75) is 44.3 Å². The van der Waals surface area contributed by atoms with Gasteiger partial charge >= 0.3 is 0 Å². The van der Waals surface area contributed by atoms with E-state index in [2.05, 4.69) is 50.9 Å². The van der Waals surface area contributed by atoms with Crippen molar-refractivity contribution in [2.75, 3.05) is 6.61 Å². The lowest BCUT2D eigenvalue weighted by molar-refractivity contribution is -0.150. The van der Waals surface area contributed by atoms with E-state index in [1.807, 2.05) is 6.08 Å². The molecule has 1 saturated carbocycles. The van der Waals surface area contributed by atoms with Crippen LogP contribution in [0.15, 0.2) is 36.9 Å². The highest BCUT2D eigenvalue weighted by molar-refractivity contribution is 6.71. The summed E-state index contributed by atoms with van der Waals surface area (Å²) in [6.45, 7) is 11.0. The van der Waals surface area contributed by atoms with Gasteiger partial charge in [0.05, 0.1) is 5.41 Å². The number of allylic oxidation sites excluding steroid dienone is 1. The van der Waals surface area contributed by atoms with E-state index in [4.69, 9.17) is 4.43 Å². The van der Waals surface area contributed by atoms with Crippen molar-refractivity contribution in [1.29, 1.82) is 0 Å². The first-order valence-electron chi connectivity index (χ1n) is 7.71. The van der Waals surface area contributed by atoms with E-state index in [-0.39, 0.29) is 10.8 Å². The largest absolute Gasteiger partial charge is 0.416 e. The minimum atomic E-state index is -1.75. The van der Waals surface area contributed by atoms with Crippen LogP contribution in [0.4, 0.5) is 0 Å². The van der Waals surface area contributed by atoms with Gasteiger partial charge in [0.25, 0.3) is 0 Å². The normalized spacial score (nSPS) is 30.5. The van der Waals surface area contributed by atoms with Gasteiger partial charge in [0.1, 0.15) is 5.78 Å². The maximum absolute atomic E-state index is 12.5. The van der Waals surface area contributed by atoms with Crippen molar-refractivity contribution < 1.29 is 9.22 Å². The van der Waals surface area contributed by atoms with Gasteiger partial charge in [-0.3, -0.25) is 4.79 Å². The number of carbonyl (C=O) groups excluding carboxylic acids is 1. The molecule has 1 aromatic carbocycles. The maximum Gasteiger partial charge on any atom is 0.190 e. The maximum atomic E-state index is 12.5. The number of fused-ring (bicyclic) bond motifs is 3. The molecular formula is C18H24O2Si. The molecule has 3 rings (SSSR count). The summed E-state index contributed by atoms with van der Waals surface area (Å²) in [5.41, 5.74) is 2.34. The Morgan fingerprint density at radius 2 is 2.05 bits per heavy atom. The van der Waals surface area contributed by atoms with Crippen LogP contribution in [0, 0.1) is 5.41 Å². The highest BCUT2D eigenvalue weighted by Gasteiger charge is 2.67. The molecule has 0 saturated heterocycles. The monoisotopic (exact) mass is 300 g/mol. The number of hydrogen-bond acceptors (Lipinski definition) is 2. The van der Waals surface area contributed by atoms with Crippen LogP contribution in [0.3, 0.4) is 0 Å². The molecule has 0 unspecified atom stereocenters. The van der Waals surface area contributed by atoms with E-state index in [9.17, 15) is 4.79 Å². The molecule has 3 heteroatoms. The van der Waals surface area contributed by atoms with Gasteiger partial charge in [-0.2, -0.15) is 0 Å². The van der Waals surface area contributed by atoms with Crippen LogP contribution in [0.5, 0.6) is 0 Å². The van der Waals surface area contributed by atoms with E-state index in [0.717, 1.165) is 12.5 Å². The summed E-state index contributed by atoms with van der Waals surface area (Å²) in [6.07, 6.45) is 3.45. The van der Waals surface area contributed by atoms with E-state index >= 15 is 0 Å². The second-order valence-electron chi connectivity index (χ2n) is 7.39. The second kappa shape index (κ2) is 4.65. The summed E-state index contributed by atoms with van der Waals surface area (Å²) in [6, 6.07) is 9.44. The number of rotatable bonds is 5. The molecule has 2 atom stereocenters. The molecule has 2 nitrogen and oxygen atoms in total.